The van der Waals surface area contributed by atoms with Crippen molar-refractivity contribution in [3.05, 3.63) is 58.7 Å². The molecular formula is C36H56O10. The number of aliphatic hydroxyl groups is 4. The summed E-state index contributed by atoms with van der Waals surface area (Å²) in [4.78, 5) is 25.1. The van der Waals surface area contributed by atoms with Gasteiger partial charge in [0.05, 0.1) is 30.3 Å². The summed E-state index contributed by atoms with van der Waals surface area (Å²) in [6.07, 6.45) is 5.45. The minimum Gasteiger partial charge on any atom is -0.459 e. The van der Waals surface area contributed by atoms with Crippen LogP contribution in [0.5, 0.6) is 0 Å². The highest BCUT2D eigenvalue weighted by Gasteiger charge is 2.52. The Hall–Kier alpha value is -2.60. The van der Waals surface area contributed by atoms with E-state index in [-0.39, 0.29) is 17.9 Å². The highest BCUT2D eigenvalue weighted by Crippen LogP contribution is 2.36. The second kappa shape index (κ2) is 18.1. The largest absolute Gasteiger partial charge is 0.459 e. The molecule has 1 saturated heterocycles. The lowest BCUT2D eigenvalue weighted by atomic mass is 9.88. The van der Waals surface area contributed by atoms with Crippen molar-refractivity contribution in [2.24, 2.45) is 11.8 Å². The lowest BCUT2D eigenvalue weighted by Crippen LogP contribution is -2.64. The van der Waals surface area contributed by atoms with Gasteiger partial charge in [0.25, 0.3) is 0 Å². The quantitative estimate of drug-likeness (QED) is 0.228. The van der Waals surface area contributed by atoms with Gasteiger partial charge in [-0.2, -0.15) is 0 Å². The van der Waals surface area contributed by atoms with Gasteiger partial charge in [-0.3, -0.25) is 4.79 Å². The van der Waals surface area contributed by atoms with Crippen LogP contribution in [0.1, 0.15) is 88.0 Å². The molecule has 1 fully saturated rings. The molecule has 2 aliphatic rings. The van der Waals surface area contributed by atoms with E-state index in [1.807, 2.05) is 52.8 Å². The average molecular weight is 649 g/mol. The van der Waals surface area contributed by atoms with Crippen molar-refractivity contribution in [2.75, 3.05) is 6.61 Å². The molecule has 10 nitrogen and oxygen atoms in total. The van der Waals surface area contributed by atoms with E-state index in [9.17, 15) is 30.0 Å². The molecule has 0 aromatic rings. The van der Waals surface area contributed by atoms with Crippen LogP contribution in [0.2, 0.25) is 0 Å². The standard InChI is InChI=1S/C36H56O10/c1-10-25-19-23(6)28(38)15-13-12-14-26(20-37)34(42)43-27(11-2)17-16-22(5)18-24(7)31(25)44-35-30(40)29(39)32(36(8,9)46-35)45-33(41)21(3)4/h12-14,16,18-19,21,25,27-32,35,37-40H,10-11,15,17,20H2,1-9H3/b13-12+,22-16+,23-19+,24-18+,26-14+/t25-,27+,28-,29+,30-,31-,32-,35+/m0/s1. The molecule has 0 spiro atoms. The maximum Gasteiger partial charge on any atom is 0.336 e. The molecular weight excluding hydrogens is 592 g/mol. The van der Waals surface area contributed by atoms with E-state index in [0.29, 0.717) is 24.8 Å². The highest BCUT2D eigenvalue weighted by atomic mass is 16.7. The summed E-state index contributed by atoms with van der Waals surface area (Å²) in [5, 5.41) is 42.9. The Morgan fingerprint density at radius 2 is 1.72 bits per heavy atom. The third-order valence-corrected chi connectivity index (χ3v) is 8.46. The van der Waals surface area contributed by atoms with Crippen molar-refractivity contribution < 1.29 is 49.0 Å². The third kappa shape index (κ3) is 11.0. The number of aliphatic hydroxyl groups excluding tert-OH is 4. The molecule has 2 heterocycles. The van der Waals surface area contributed by atoms with Crippen molar-refractivity contribution in [1.29, 1.82) is 0 Å². The Balaban J connectivity index is 2.53. The first kappa shape index (κ1) is 39.6. The van der Waals surface area contributed by atoms with Crippen molar-refractivity contribution in [2.45, 2.75) is 137 Å². The van der Waals surface area contributed by atoms with Gasteiger partial charge in [-0.15, -0.1) is 0 Å². The number of carbonyl (C=O) groups is 2. The molecule has 10 heteroatoms. The Labute approximate surface area is 274 Å². The van der Waals surface area contributed by atoms with Gasteiger partial charge in [-0.1, -0.05) is 63.6 Å². The zero-order valence-corrected chi connectivity index (χ0v) is 28.9. The van der Waals surface area contributed by atoms with Crippen LogP contribution >= 0.6 is 0 Å². The summed E-state index contributed by atoms with van der Waals surface area (Å²) in [6.45, 7) is 15.8. The molecule has 0 bridgehead atoms. The van der Waals surface area contributed by atoms with Gasteiger partial charge in [0.1, 0.15) is 23.9 Å². The van der Waals surface area contributed by atoms with Crippen LogP contribution < -0.4 is 0 Å². The molecule has 2 aliphatic heterocycles. The van der Waals surface area contributed by atoms with E-state index in [2.05, 4.69) is 0 Å². The van der Waals surface area contributed by atoms with E-state index < -0.39 is 73.0 Å². The average Bonchev–Trinajstić information content (AvgIpc) is 3.00. The van der Waals surface area contributed by atoms with Crippen molar-refractivity contribution in [1.82, 2.24) is 0 Å². The van der Waals surface area contributed by atoms with Crippen LogP contribution in [-0.4, -0.2) is 87.5 Å². The molecule has 0 aliphatic carbocycles. The fourth-order valence-electron chi connectivity index (χ4n) is 5.43. The van der Waals surface area contributed by atoms with E-state index in [0.717, 1.165) is 11.1 Å². The Morgan fingerprint density at radius 1 is 1.04 bits per heavy atom. The zero-order chi connectivity index (χ0) is 34.8. The van der Waals surface area contributed by atoms with Crippen LogP contribution in [-0.2, 0) is 28.5 Å². The first-order valence-electron chi connectivity index (χ1n) is 16.3. The topological polar surface area (TPSA) is 152 Å². The van der Waals surface area contributed by atoms with Crippen molar-refractivity contribution in [3.63, 3.8) is 0 Å². The van der Waals surface area contributed by atoms with E-state index >= 15 is 0 Å². The second-order valence-corrected chi connectivity index (χ2v) is 13.2. The SMILES string of the molecule is CC[C@@H]1C/C=C(C)/C=C(\C)[C@H](O[C@@H]2OC(C)(C)[C@@H](OC(=O)C(C)C)[C@H](O)[C@@H]2O)[C@@H](CC)/C=C(\C)[C@@H](O)C/C=C/C=C(\CO)C(=O)O1. The summed E-state index contributed by atoms with van der Waals surface area (Å²) in [5.41, 5.74) is 1.36. The molecule has 0 radical (unpaired) electrons. The molecule has 0 amide bonds. The minimum absolute atomic E-state index is 0.130. The summed E-state index contributed by atoms with van der Waals surface area (Å²) in [6, 6.07) is 0. The van der Waals surface area contributed by atoms with Gasteiger partial charge in [0.15, 0.2) is 12.4 Å². The Morgan fingerprint density at radius 3 is 2.30 bits per heavy atom. The number of esters is 2. The number of rotatable bonds is 7. The monoisotopic (exact) mass is 648 g/mol. The molecule has 4 N–H and O–H groups in total. The van der Waals surface area contributed by atoms with Crippen LogP contribution in [0.3, 0.4) is 0 Å². The summed E-state index contributed by atoms with van der Waals surface area (Å²) in [5.74, 6) is -1.78. The second-order valence-electron chi connectivity index (χ2n) is 13.2. The van der Waals surface area contributed by atoms with E-state index in [4.69, 9.17) is 18.9 Å². The summed E-state index contributed by atoms with van der Waals surface area (Å²) >= 11 is 0. The first-order valence-corrected chi connectivity index (χ1v) is 16.3. The predicted molar refractivity (Wildman–Crippen MR) is 175 cm³/mol. The smallest absolute Gasteiger partial charge is 0.336 e. The lowest BCUT2D eigenvalue weighted by Gasteiger charge is -2.47. The Bertz CT molecular complexity index is 1180. The van der Waals surface area contributed by atoms with Gasteiger partial charge in [0, 0.05) is 12.3 Å². The van der Waals surface area contributed by atoms with Gasteiger partial charge < -0.3 is 39.4 Å². The third-order valence-electron chi connectivity index (χ3n) is 8.46. The van der Waals surface area contributed by atoms with E-state index in [1.54, 1.807) is 39.8 Å². The maximum atomic E-state index is 12.7. The maximum absolute atomic E-state index is 12.7. The Kier molecular flexibility index (Phi) is 15.6. The molecule has 260 valence electrons. The molecule has 0 aromatic carbocycles. The number of hydrogen-bond acceptors (Lipinski definition) is 10. The number of cyclic esters (lactones) is 1. The summed E-state index contributed by atoms with van der Waals surface area (Å²) < 4.78 is 23.9. The van der Waals surface area contributed by atoms with Gasteiger partial charge in [0.2, 0.25) is 0 Å². The number of carbonyl (C=O) groups excluding carboxylic acids is 2. The van der Waals surface area contributed by atoms with Gasteiger partial charge in [-0.05, 0) is 71.1 Å². The molecule has 8 atom stereocenters. The number of ether oxygens (including phenoxy) is 4. The molecule has 0 saturated carbocycles. The van der Waals surface area contributed by atoms with Crippen molar-refractivity contribution in [3.8, 4) is 0 Å². The van der Waals surface area contributed by atoms with Crippen LogP contribution in [0.15, 0.2) is 58.7 Å². The van der Waals surface area contributed by atoms with Crippen LogP contribution in [0.25, 0.3) is 0 Å². The van der Waals surface area contributed by atoms with E-state index in [1.165, 1.54) is 6.08 Å². The molecule has 0 unspecified atom stereocenters. The van der Waals surface area contributed by atoms with Crippen LogP contribution in [0, 0.1) is 11.8 Å². The summed E-state index contributed by atoms with van der Waals surface area (Å²) in [7, 11) is 0. The fourth-order valence-corrected chi connectivity index (χ4v) is 5.43. The zero-order valence-electron chi connectivity index (χ0n) is 28.9. The van der Waals surface area contributed by atoms with Gasteiger partial charge in [-0.25, -0.2) is 4.79 Å². The minimum atomic E-state index is -1.51. The number of hydrogen-bond donors (Lipinski definition) is 4. The molecule has 46 heavy (non-hydrogen) atoms. The molecule has 0 aromatic heterocycles. The normalized spacial score (nSPS) is 37.1. The van der Waals surface area contributed by atoms with Crippen LogP contribution in [0.4, 0.5) is 0 Å². The van der Waals surface area contributed by atoms with Gasteiger partial charge >= 0.3 is 11.9 Å². The highest BCUT2D eigenvalue weighted by molar-refractivity contribution is 5.89. The lowest BCUT2D eigenvalue weighted by molar-refractivity contribution is -0.333. The predicted octanol–water partition coefficient (Wildman–Crippen LogP) is 4.61. The fraction of sp³-hybridized carbons (Fsp3) is 0.667. The van der Waals surface area contributed by atoms with Crippen molar-refractivity contribution >= 4 is 11.9 Å². The number of allylic oxidation sites excluding steroid dienone is 4. The first-order chi connectivity index (χ1) is 21.6. The molecule has 2 rings (SSSR count).